The number of methoxy groups -OCH3 is 1. The molecule has 1 atom stereocenters. The molecule has 0 bridgehead atoms. The summed E-state index contributed by atoms with van der Waals surface area (Å²) >= 11 is 0. The second kappa shape index (κ2) is 7.68. The molecule has 4 heteroatoms. The normalized spacial score (nSPS) is 18.8. The summed E-state index contributed by atoms with van der Waals surface area (Å²) in [5, 5.41) is 11.7. The number of piperidine rings is 1. The Morgan fingerprint density at radius 1 is 1.35 bits per heavy atom. The van der Waals surface area contributed by atoms with Crippen molar-refractivity contribution in [1.82, 2.24) is 5.32 Å². The second-order valence-electron chi connectivity index (χ2n) is 3.86. The van der Waals surface area contributed by atoms with E-state index in [1.807, 2.05) is 6.07 Å². The number of ether oxygens (including phenoxy) is 1. The number of phenolic OH excluding ortho intramolecular Hbond substituents is 1. The van der Waals surface area contributed by atoms with Crippen LogP contribution in [0.2, 0.25) is 0 Å². The van der Waals surface area contributed by atoms with Gasteiger partial charge < -0.3 is 15.2 Å². The van der Waals surface area contributed by atoms with Crippen LogP contribution in [-0.2, 0) is 9.53 Å². The van der Waals surface area contributed by atoms with Crippen molar-refractivity contribution in [3.8, 4) is 5.75 Å². The number of rotatable bonds is 1. The number of para-hydroxylation sites is 1. The Labute approximate surface area is 102 Å². The third kappa shape index (κ3) is 5.36. The number of benzene rings is 1. The van der Waals surface area contributed by atoms with Gasteiger partial charge in [0, 0.05) is 0 Å². The van der Waals surface area contributed by atoms with Gasteiger partial charge in [-0.05, 0) is 31.5 Å². The van der Waals surface area contributed by atoms with Crippen LogP contribution >= 0.6 is 0 Å². The molecule has 0 aromatic heterocycles. The average Bonchev–Trinajstić information content (AvgIpc) is 2.40. The van der Waals surface area contributed by atoms with Crippen molar-refractivity contribution in [3.63, 3.8) is 0 Å². The maximum absolute atomic E-state index is 10.9. The van der Waals surface area contributed by atoms with Gasteiger partial charge in [-0.15, -0.1) is 0 Å². The molecule has 2 rings (SSSR count). The van der Waals surface area contributed by atoms with Gasteiger partial charge in [0.2, 0.25) is 0 Å². The highest BCUT2D eigenvalue weighted by Gasteiger charge is 2.20. The van der Waals surface area contributed by atoms with E-state index in [1.165, 1.54) is 13.5 Å². The van der Waals surface area contributed by atoms with Gasteiger partial charge in [0.1, 0.15) is 11.8 Å². The number of nitrogens with one attached hydrogen (secondary N) is 1. The van der Waals surface area contributed by atoms with Gasteiger partial charge in [-0.3, -0.25) is 4.79 Å². The zero-order chi connectivity index (χ0) is 12.5. The average molecular weight is 237 g/mol. The largest absolute Gasteiger partial charge is 0.508 e. The lowest BCUT2D eigenvalue weighted by molar-refractivity contribution is -0.143. The van der Waals surface area contributed by atoms with Crippen LogP contribution in [-0.4, -0.2) is 30.8 Å². The number of phenols is 1. The first-order valence-corrected chi connectivity index (χ1v) is 5.79. The minimum Gasteiger partial charge on any atom is -0.508 e. The molecular formula is C13H19NO3. The molecule has 0 amide bonds. The number of carbonyl (C=O) groups excluding carboxylic acids is 1. The van der Waals surface area contributed by atoms with E-state index in [9.17, 15) is 4.79 Å². The molecule has 1 aromatic carbocycles. The van der Waals surface area contributed by atoms with Crippen molar-refractivity contribution >= 4 is 5.97 Å². The molecular weight excluding hydrogens is 218 g/mol. The third-order valence-electron chi connectivity index (χ3n) is 2.55. The molecule has 0 spiro atoms. The monoisotopic (exact) mass is 237 g/mol. The highest BCUT2D eigenvalue weighted by atomic mass is 16.5. The molecule has 1 aromatic rings. The van der Waals surface area contributed by atoms with Crippen LogP contribution < -0.4 is 5.32 Å². The lowest BCUT2D eigenvalue weighted by Gasteiger charge is -2.20. The molecule has 1 saturated heterocycles. The first-order chi connectivity index (χ1) is 8.24. The van der Waals surface area contributed by atoms with Gasteiger partial charge in [-0.2, -0.15) is 0 Å². The van der Waals surface area contributed by atoms with Gasteiger partial charge in [0.15, 0.2) is 0 Å². The van der Waals surface area contributed by atoms with Crippen molar-refractivity contribution in [2.75, 3.05) is 13.7 Å². The summed E-state index contributed by atoms with van der Waals surface area (Å²) in [5.74, 6) is 0.196. The summed E-state index contributed by atoms with van der Waals surface area (Å²) in [5.41, 5.74) is 0. The molecule has 2 N–H and O–H groups in total. The lowest BCUT2D eigenvalue weighted by Crippen LogP contribution is -2.40. The number of hydrogen-bond donors (Lipinski definition) is 2. The Morgan fingerprint density at radius 3 is 2.47 bits per heavy atom. The number of carbonyl (C=O) groups is 1. The van der Waals surface area contributed by atoms with Crippen LogP contribution in [0.15, 0.2) is 30.3 Å². The fourth-order valence-corrected chi connectivity index (χ4v) is 1.62. The minimum absolute atomic E-state index is 0.0428. The van der Waals surface area contributed by atoms with Crippen LogP contribution in [0.5, 0.6) is 5.75 Å². The molecule has 0 radical (unpaired) electrons. The topological polar surface area (TPSA) is 58.6 Å². The smallest absolute Gasteiger partial charge is 0.322 e. The van der Waals surface area contributed by atoms with E-state index in [0.29, 0.717) is 5.75 Å². The van der Waals surface area contributed by atoms with Crippen molar-refractivity contribution in [3.05, 3.63) is 30.3 Å². The maximum atomic E-state index is 10.9. The van der Waals surface area contributed by atoms with E-state index in [1.54, 1.807) is 24.3 Å². The summed E-state index contributed by atoms with van der Waals surface area (Å²) in [4.78, 5) is 10.9. The summed E-state index contributed by atoms with van der Waals surface area (Å²) in [6.45, 7) is 0.944. The van der Waals surface area contributed by atoms with E-state index in [4.69, 9.17) is 5.11 Å². The molecule has 94 valence electrons. The Kier molecular flexibility index (Phi) is 6.10. The van der Waals surface area contributed by atoms with Crippen molar-refractivity contribution in [2.24, 2.45) is 0 Å². The first kappa shape index (κ1) is 13.5. The van der Waals surface area contributed by atoms with Gasteiger partial charge in [-0.25, -0.2) is 0 Å². The molecule has 1 heterocycles. The van der Waals surface area contributed by atoms with Gasteiger partial charge in [0.25, 0.3) is 0 Å². The van der Waals surface area contributed by atoms with E-state index in [0.717, 1.165) is 19.4 Å². The highest BCUT2D eigenvalue weighted by molar-refractivity contribution is 5.75. The van der Waals surface area contributed by atoms with Crippen LogP contribution in [0.1, 0.15) is 19.3 Å². The molecule has 0 saturated carbocycles. The van der Waals surface area contributed by atoms with Crippen LogP contribution in [0.25, 0.3) is 0 Å². The Hall–Kier alpha value is -1.55. The van der Waals surface area contributed by atoms with Gasteiger partial charge in [-0.1, -0.05) is 24.6 Å². The SMILES string of the molecule is COC(=O)C1CCCCN1.Oc1ccccc1. The molecule has 1 fully saturated rings. The fourth-order valence-electron chi connectivity index (χ4n) is 1.62. The number of esters is 1. The quantitative estimate of drug-likeness (QED) is 0.730. The fraction of sp³-hybridized carbons (Fsp3) is 0.462. The number of hydrogen-bond acceptors (Lipinski definition) is 4. The lowest BCUT2D eigenvalue weighted by atomic mass is 10.1. The zero-order valence-electron chi connectivity index (χ0n) is 10.1. The zero-order valence-corrected chi connectivity index (χ0v) is 10.1. The third-order valence-corrected chi connectivity index (χ3v) is 2.55. The predicted octanol–water partition coefficient (Wildman–Crippen LogP) is 1.69. The van der Waals surface area contributed by atoms with Crippen LogP contribution in [0.3, 0.4) is 0 Å². The minimum atomic E-state index is -0.125. The summed E-state index contributed by atoms with van der Waals surface area (Å²) in [7, 11) is 1.43. The molecule has 1 aliphatic rings. The maximum Gasteiger partial charge on any atom is 0.322 e. The molecule has 1 unspecified atom stereocenters. The summed E-state index contributed by atoms with van der Waals surface area (Å²) in [6.07, 6.45) is 3.23. The first-order valence-electron chi connectivity index (χ1n) is 5.79. The van der Waals surface area contributed by atoms with Gasteiger partial charge >= 0.3 is 5.97 Å². The Balaban J connectivity index is 0.000000181. The molecule has 4 nitrogen and oxygen atoms in total. The van der Waals surface area contributed by atoms with Crippen molar-refractivity contribution in [2.45, 2.75) is 25.3 Å². The van der Waals surface area contributed by atoms with Crippen LogP contribution in [0, 0.1) is 0 Å². The van der Waals surface area contributed by atoms with Crippen LogP contribution in [0.4, 0.5) is 0 Å². The van der Waals surface area contributed by atoms with E-state index >= 15 is 0 Å². The Morgan fingerprint density at radius 2 is 2.06 bits per heavy atom. The second-order valence-corrected chi connectivity index (χ2v) is 3.86. The van der Waals surface area contributed by atoms with Crippen molar-refractivity contribution < 1.29 is 14.6 Å². The Bertz CT molecular complexity index is 321. The van der Waals surface area contributed by atoms with E-state index in [2.05, 4.69) is 10.1 Å². The number of aromatic hydroxyl groups is 1. The standard InChI is InChI=1S/C7H13NO2.C6H6O/c1-10-7(9)6-4-2-3-5-8-6;7-6-4-2-1-3-5-6/h6,8H,2-5H2,1H3;1-5,7H. The molecule has 0 aliphatic carbocycles. The van der Waals surface area contributed by atoms with E-state index < -0.39 is 0 Å². The molecule has 17 heavy (non-hydrogen) atoms. The van der Waals surface area contributed by atoms with Gasteiger partial charge in [0.05, 0.1) is 7.11 Å². The highest BCUT2D eigenvalue weighted by Crippen LogP contribution is 2.07. The predicted molar refractivity (Wildman–Crippen MR) is 65.8 cm³/mol. The van der Waals surface area contributed by atoms with E-state index in [-0.39, 0.29) is 12.0 Å². The summed E-state index contributed by atoms with van der Waals surface area (Å²) in [6, 6.07) is 8.67. The molecule has 1 aliphatic heterocycles. The summed E-state index contributed by atoms with van der Waals surface area (Å²) < 4.78 is 4.59. The van der Waals surface area contributed by atoms with Crippen molar-refractivity contribution in [1.29, 1.82) is 0 Å².